The van der Waals surface area contributed by atoms with Crippen molar-refractivity contribution < 1.29 is 4.79 Å². The quantitative estimate of drug-likeness (QED) is 0.785. The Balaban J connectivity index is 1.92. The summed E-state index contributed by atoms with van der Waals surface area (Å²) < 4.78 is 1.67. The SMILES string of the molecule is Cn1ncc2ncc(C(=O)Nc3ccncc3Cl)cc21. The van der Waals surface area contributed by atoms with Gasteiger partial charge in [-0.25, -0.2) is 0 Å². The molecule has 0 saturated carbocycles. The lowest BCUT2D eigenvalue weighted by molar-refractivity contribution is 0.102. The van der Waals surface area contributed by atoms with Crippen molar-refractivity contribution in [3.63, 3.8) is 0 Å². The smallest absolute Gasteiger partial charge is 0.257 e. The van der Waals surface area contributed by atoms with Crippen LogP contribution in [0.25, 0.3) is 11.0 Å². The predicted molar refractivity (Wildman–Crippen MR) is 75.7 cm³/mol. The molecule has 0 radical (unpaired) electrons. The molecule has 6 nitrogen and oxygen atoms in total. The lowest BCUT2D eigenvalue weighted by Crippen LogP contribution is -2.12. The Morgan fingerprint density at radius 1 is 1.35 bits per heavy atom. The van der Waals surface area contributed by atoms with Crippen molar-refractivity contribution in [1.82, 2.24) is 19.7 Å². The number of fused-ring (bicyclic) bond motifs is 1. The van der Waals surface area contributed by atoms with Gasteiger partial charge in [0.25, 0.3) is 5.91 Å². The minimum absolute atomic E-state index is 0.284. The van der Waals surface area contributed by atoms with E-state index in [4.69, 9.17) is 11.6 Å². The van der Waals surface area contributed by atoms with E-state index in [1.807, 2.05) is 0 Å². The third-order valence-corrected chi connectivity index (χ3v) is 3.18. The van der Waals surface area contributed by atoms with Crippen LogP contribution in [-0.4, -0.2) is 25.7 Å². The highest BCUT2D eigenvalue weighted by Crippen LogP contribution is 2.20. The first kappa shape index (κ1) is 12.6. The number of rotatable bonds is 2. The highest BCUT2D eigenvalue weighted by molar-refractivity contribution is 6.33. The number of aryl methyl sites for hydroxylation is 1. The molecule has 0 aromatic carbocycles. The zero-order valence-electron chi connectivity index (χ0n) is 10.5. The average Bonchev–Trinajstić information content (AvgIpc) is 2.82. The van der Waals surface area contributed by atoms with E-state index in [2.05, 4.69) is 20.4 Å². The highest BCUT2D eigenvalue weighted by Gasteiger charge is 2.11. The largest absolute Gasteiger partial charge is 0.320 e. The monoisotopic (exact) mass is 287 g/mol. The Morgan fingerprint density at radius 2 is 2.20 bits per heavy atom. The lowest BCUT2D eigenvalue weighted by Gasteiger charge is -2.06. The number of nitrogens with one attached hydrogen (secondary N) is 1. The van der Waals surface area contributed by atoms with Gasteiger partial charge in [0.2, 0.25) is 0 Å². The van der Waals surface area contributed by atoms with Crippen LogP contribution in [0, 0.1) is 0 Å². The van der Waals surface area contributed by atoms with Crippen LogP contribution in [0.2, 0.25) is 5.02 Å². The molecule has 3 rings (SSSR count). The summed E-state index contributed by atoms with van der Waals surface area (Å²) in [7, 11) is 1.80. The number of aromatic nitrogens is 4. The summed E-state index contributed by atoms with van der Waals surface area (Å²) in [4.78, 5) is 20.2. The molecule has 0 atom stereocenters. The van der Waals surface area contributed by atoms with Crippen LogP contribution in [0.3, 0.4) is 0 Å². The van der Waals surface area contributed by atoms with Crippen molar-refractivity contribution in [2.45, 2.75) is 0 Å². The van der Waals surface area contributed by atoms with Gasteiger partial charge in [0.05, 0.1) is 28.0 Å². The molecule has 20 heavy (non-hydrogen) atoms. The second kappa shape index (κ2) is 4.90. The molecule has 0 spiro atoms. The van der Waals surface area contributed by atoms with E-state index >= 15 is 0 Å². The zero-order valence-corrected chi connectivity index (χ0v) is 11.3. The fraction of sp³-hybridized carbons (Fsp3) is 0.0769. The van der Waals surface area contributed by atoms with E-state index in [-0.39, 0.29) is 5.91 Å². The number of carbonyl (C=O) groups is 1. The number of hydrogen-bond donors (Lipinski definition) is 1. The molecule has 0 aliphatic heterocycles. The van der Waals surface area contributed by atoms with Crippen molar-refractivity contribution in [3.05, 3.63) is 47.5 Å². The van der Waals surface area contributed by atoms with Gasteiger partial charge in [-0.05, 0) is 12.1 Å². The minimum atomic E-state index is -0.284. The molecule has 0 unspecified atom stereocenters. The Morgan fingerprint density at radius 3 is 3.00 bits per heavy atom. The molecule has 0 bridgehead atoms. The molecule has 7 heteroatoms. The Bertz CT molecular complexity index is 798. The molecule has 3 heterocycles. The molecule has 1 amide bonds. The molecular weight excluding hydrogens is 278 g/mol. The van der Waals surface area contributed by atoms with Crippen molar-refractivity contribution in [2.24, 2.45) is 7.05 Å². The molecule has 100 valence electrons. The van der Waals surface area contributed by atoms with Crippen LogP contribution in [0.15, 0.2) is 36.9 Å². The van der Waals surface area contributed by atoms with E-state index in [9.17, 15) is 4.79 Å². The summed E-state index contributed by atoms with van der Waals surface area (Å²) in [5.74, 6) is -0.284. The van der Waals surface area contributed by atoms with Gasteiger partial charge in [0, 0.05) is 25.6 Å². The van der Waals surface area contributed by atoms with E-state index < -0.39 is 0 Å². The maximum absolute atomic E-state index is 12.2. The maximum atomic E-state index is 12.2. The van der Waals surface area contributed by atoms with Gasteiger partial charge in [-0.15, -0.1) is 0 Å². The molecule has 1 N–H and O–H groups in total. The minimum Gasteiger partial charge on any atom is -0.320 e. The second-order valence-corrected chi connectivity index (χ2v) is 4.61. The molecule has 3 aromatic rings. The Kier molecular flexibility index (Phi) is 3.08. The molecule has 0 saturated heterocycles. The summed E-state index contributed by atoms with van der Waals surface area (Å²) >= 11 is 5.95. The average molecular weight is 288 g/mol. The first-order valence-corrected chi connectivity index (χ1v) is 6.21. The topological polar surface area (TPSA) is 72.7 Å². The summed E-state index contributed by atoms with van der Waals surface area (Å²) in [6, 6.07) is 3.37. The van der Waals surface area contributed by atoms with Crippen molar-refractivity contribution in [2.75, 3.05) is 5.32 Å². The summed E-state index contributed by atoms with van der Waals surface area (Å²) in [6.07, 6.45) is 6.19. The van der Waals surface area contributed by atoms with Crippen LogP contribution in [0.4, 0.5) is 5.69 Å². The third kappa shape index (κ3) is 2.21. The maximum Gasteiger partial charge on any atom is 0.257 e. The molecule has 0 fully saturated rings. The van der Waals surface area contributed by atoms with E-state index in [0.29, 0.717) is 16.3 Å². The first-order chi connectivity index (χ1) is 9.65. The summed E-state index contributed by atoms with van der Waals surface area (Å²) in [5, 5.41) is 7.19. The number of pyridine rings is 2. The number of anilines is 1. The fourth-order valence-electron chi connectivity index (χ4n) is 1.82. The molecular formula is C13H10ClN5O. The van der Waals surface area contributed by atoms with Crippen LogP contribution in [0.5, 0.6) is 0 Å². The summed E-state index contributed by atoms with van der Waals surface area (Å²) in [5.41, 5.74) is 2.48. The number of carbonyl (C=O) groups excluding carboxylic acids is 1. The fourth-order valence-corrected chi connectivity index (χ4v) is 1.99. The number of amides is 1. The van der Waals surface area contributed by atoms with Crippen LogP contribution in [-0.2, 0) is 7.05 Å². The van der Waals surface area contributed by atoms with Crippen molar-refractivity contribution in [3.8, 4) is 0 Å². The van der Waals surface area contributed by atoms with Gasteiger partial charge >= 0.3 is 0 Å². The third-order valence-electron chi connectivity index (χ3n) is 2.88. The number of hydrogen-bond acceptors (Lipinski definition) is 4. The summed E-state index contributed by atoms with van der Waals surface area (Å²) in [6.45, 7) is 0. The number of halogens is 1. The van der Waals surface area contributed by atoms with Crippen LogP contribution < -0.4 is 5.32 Å². The van der Waals surface area contributed by atoms with Gasteiger partial charge < -0.3 is 5.32 Å². The van der Waals surface area contributed by atoms with E-state index in [1.54, 1.807) is 36.3 Å². The van der Waals surface area contributed by atoms with Gasteiger partial charge in [-0.1, -0.05) is 11.6 Å². The van der Waals surface area contributed by atoms with Crippen molar-refractivity contribution >= 4 is 34.2 Å². The second-order valence-electron chi connectivity index (χ2n) is 4.21. The Labute approximate surface area is 119 Å². The van der Waals surface area contributed by atoms with Gasteiger partial charge in [0.1, 0.15) is 5.52 Å². The number of nitrogens with zero attached hydrogens (tertiary/aromatic N) is 4. The van der Waals surface area contributed by atoms with Gasteiger partial charge in [-0.2, -0.15) is 5.10 Å². The van der Waals surface area contributed by atoms with Crippen molar-refractivity contribution in [1.29, 1.82) is 0 Å². The molecule has 3 aromatic heterocycles. The lowest BCUT2D eigenvalue weighted by atomic mass is 10.2. The van der Waals surface area contributed by atoms with Gasteiger partial charge in [-0.3, -0.25) is 19.4 Å². The molecule has 0 aliphatic rings. The van der Waals surface area contributed by atoms with Crippen LogP contribution >= 0.6 is 11.6 Å². The highest BCUT2D eigenvalue weighted by atomic mass is 35.5. The Hall–Kier alpha value is -2.47. The first-order valence-electron chi connectivity index (χ1n) is 5.84. The van der Waals surface area contributed by atoms with Crippen LogP contribution in [0.1, 0.15) is 10.4 Å². The molecule has 0 aliphatic carbocycles. The van der Waals surface area contributed by atoms with Gasteiger partial charge in [0.15, 0.2) is 0 Å². The normalized spacial score (nSPS) is 10.7. The standard InChI is InChI=1S/C13H10ClN5O/c1-19-12-4-8(5-16-11(12)7-17-19)13(20)18-10-2-3-15-6-9(10)14/h2-7H,1H3,(H,15,18,20). The van der Waals surface area contributed by atoms with E-state index in [1.165, 1.54) is 12.4 Å². The predicted octanol–water partition coefficient (Wildman–Crippen LogP) is 2.27. The van der Waals surface area contributed by atoms with E-state index in [0.717, 1.165) is 11.0 Å². The zero-order chi connectivity index (χ0) is 14.1.